The number of amides is 1. The fourth-order valence-corrected chi connectivity index (χ4v) is 3.60. The molecule has 0 spiro atoms. The first-order valence-electron chi connectivity index (χ1n) is 6.54. The van der Waals surface area contributed by atoms with Crippen molar-refractivity contribution < 1.29 is 4.79 Å². The van der Waals surface area contributed by atoms with Crippen LogP contribution in [0.2, 0.25) is 0 Å². The van der Waals surface area contributed by atoms with Crippen molar-refractivity contribution in [1.29, 1.82) is 0 Å². The maximum atomic E-state index is 12.5. The Hall–Kier alpha value is -1.14. The standard InChI is InChI=1S/C13H19N3OS2/c1-2-7-16-11(14)10(19-13(16)18)12(17)15-8-5-3-4-6-9-15/h2H,1,3-9,14H2. The van der Waals surface area contributed by atoms with Crippen molar-refractivity contribution in [2.45, 2.75) is 32.2 Å². The number of likely N-dealkylation sites (tertiary alicyclic amines) is 1. The van der Waals surface area contributed by atoms with Crippen LogP contribution in [0, 0.1) is 3.95 Å². The van der Waals surface area contributed by atoms with Crippen LogP contribution in [-0.2, 0) is 6.54 Å². The van der Waals surface area contributed by atoms with E-state index in [2.05, 4.69) is 6.58 Å². The van der Waals surface area contributed by atoms with Gasteiger partial charge in [-0.1, -0.05) is 30.3 Å². The second-order valence-electron chi connectivity index (χ2n) is 4.69. The number of nitrogen functional groups attached to an aromatic ring is 1. The Kier molecular flexibility index (Phi) is 4.76. The van der Waals surface area contributed by atoms with Gasteiger partial charge in [0.05, 0.1) is 0 Å². The first kappa shape index (κ1) is 14.3. The number of thiazole rings is 1. The van der Waals surface area contributed by atoms with Crippen LogP contribution in [-0.4, -0.2) is 28.5 Å². The summed E-state index contributed by atoms with van der Waals surface area (Å²) in [4.78, 5) is 15.0. The smallest absolute Gasteiger partial charge is 0.267 e. The van der Waals surface area contributed by atoms with Crippen molar-refractivity contribution in [1.82, 2.24) is 9.47 Å². The summed E-state index contributed by atoms with van der Waals surface area (Å²) in [5.41, 5.74) is 6.05. The van der Waals surface area contributed by atoms with E-state index in [4.69, 9.17) is 18.0 Å². The van der Waals surface area contributed by atoms with Gasteiger partial charge in [-0.25, -0.2) is 0 Å². The van der Waals surface area contributed by atoms with Gasteiger partial charge >= 0.3 is 0 Å². The minimum atomic E-state index is 0.0262. The molecule has 0 radical (unpaired) electrons. The predicted octanol–water partition coefficient (Wildman–Crippen LogP) is 3.06. The molecule has 1 aliphatic rings. The van der Waals surface area contributed by atoms with Gasteiger partial charge in [0.25, 0.3) is 5.91 Å². The van der Waals surface area contributed by atoms with Gasteiger partial charge in [-0.3, -0.25) is 4.79 Å². The van der Waals surface area contributed by atoms with E-state index in [-0.39, 0.29) is 5.91 Å². The molecule has 0 bridgehead atoms. The highest BCUT2D eigenvalue weighted by atomic mass is 32.1. The molecule has 2 rings (SSSR count). The van der Waals surface area contributed by atoms with E-state index in [1.165, 1.54) is 24.2 Å². The molecular weight excluding hydrogens is 278 g/mol. The van der Waals surface area contributed by atoms with Crippen LogP contribution in [0.4, 0.5) is 5.82 Å². The molecule has 2 heterocycles. The van der Waals surface area contributed by atoms with Crippen molar-refractivity contribution in [3.63, 3.8) is 0 Å². The Morgan fingerprint density at radius 2 is 2.00 bits per heavy atom. The molecular formula is C13H19N3OS2. The third kappa shape index (κ3) is 3.06. The lowest BCUT2D eigenvalue weighted by molar-refractivity contribution is 0.0767. The van der Waals surface area contributed by atoms with Crippen LogP contribution in [0.15, 0.2) is 12.7 Å². The summed E-state index contributed by atoms with van der Waals surface area (Å²) in [5, 5.41) is 0. The molecule has 0 atom stereocenters. The van der Waals surface area contributed by atoms with E-state index < -0.39 is 0 Å². The molecule has 1 aromatic heterocycles. The number of anilines is 1. The Bertz CT molecular complexity index is 524. The van der Waals surface area contributed by atoms with Crippen LogP contribution in [0.3, 0.4) is 0 Å². The monoisotopic (exact) mass is 297 g/mol. The number of carbonyl (C=O) groups is 1. The molecule has 2 N–H and O–H groups in total. The van der Waals surface area contributed by atoms with Crippen LogP contribution in [0.25, 0.3) is 0 Å². The van der Waals surface area contributed by atoms with E-state index >= 15 is 0 Å². The van der Waals surface area contributed by atoms with Crippen molar-refractivity contribution in [3.8, 4) is 0 Å². The molecule has 1 fully saturated rings. The van der Waals surface area contributed by atoms with Crippen molar-refractivity contribution in [2.24, 2.45) is 0 Å². The maximum Gasteiger partial charge on any atom is 0.267 e. The summed E-state index contributed by atoms with van der Waals surface area (Å²) in [7, 11) is 0. The van der Waals surface area contributed by atoms with E-state index in [9.17, 15) is 4.79 Å². The van der Waals surface area contributed by atoms with Crippen LogP contribution in [0.1, 0.15) is 35.4 Å². The lowest BCUT2D eigenvalue weighted by Crippen LogP contribution is -2.31. The van der Waals surface area contributed by atoms with Crippen LogP contribution >= 0.6 is 23.6 Å². The minimum Gasteiger partial charge on any atom is -0.384 e. The Labute approximate surface area is 122 Å². The zero-order valence-corrected chi connectivity index (χ0v) is 12.6. The van der Waals surface area contributed by atoms with Gasteiger partial charge in [-0.05, 0) is 25.1 Å². The number of nitrogens with zero attached hydrogens (tertiary/aromatic N) is 2. The molecule has 1 aromatic rings. The number of hydrogen-bond donors (Lipinski definition) is 1. The molecule has 0 saturated carbocycles. The van der Waals surface area contributed by atoms with Gasteiger partial charge in [0, 0.05) is 19.6 Å². The average molecular weight is 297 g/mol. The Morgan fingerprint density at radius 3 is 2.58 bits per heavy atom. The molecule has 0 aromatic carbocycles. The summed E-state index contributed by atoms with van der Waals surface area (Å²) in [6, 6.07) is 0. The highest BCUT2D eigenvalue weighted by molar-refractivity contribution is 7.73. The highest BCUT2D eigenvalue weighted by Crippen LogP contribution is 2.25. The lowest BCUT2D eigenvalue weighted by Gasteiger charge is -2.19. The maximum absolute atomic E-state index is 12.5. The molecule has 6 heteroatoms. The van der Waals surface area contributed by atoms with Crippen LogP contribution in [0.5, 0.6) is 0 Å². The number of nitrogens with two attached hydrogens (primary N) is 1. The molecule has 0 unspecified atom stereocenters. The third-order valence-electron chi connectivity index (χ3n) is 3.33. The average Bonchev–Trinajstić information content (AvgIpc) is 2.64. The topological polar surface area (TPSA) is 51.3 Å². The van der Waals surface area contributed by atoms with Gasteiger partial charge in [-0.2, -0.15) is 0 Å². The first-order valence-corrected chi connectivity index (χ1v) is 7.77. The van der Waals surface area contributed by atoms with Crippen molar-refractivity contribution >= 4 is 35.3 Å². The second-order valence-corrected chi connectivity index (χ2v) is 6.33. The fraction of sp³-hybridized carbons (Fsp3) is 0.538. The first-order chi connectivity index (χ1) is 9.15. The number of carbonyl (C=O) groups excluding carboxylic acids is 1. The summed E-state index contributed by atoms with van der Waals surface area (Å²) >= 11 is 6.56. The summed E-state index contributed by atoms with van der Waals surface area (Å²) < 4.78 is 2.40. The fourth-order valence-electron chi connectivity index (χ4n) is 2.29. The zero-order chi connectivity index (χ0) is 13.8. The van der Waals surface area contributed by atoms with Gasteiger partial charge < -0.3 is 15.2 Å². The summed E-state index contributed by atoms with van der Waals surface area (Å²) in [6.07, 6.45) is 6.28. The molecule has 19 heavy (non-hydrogen) atoms. The number of aromatic nitrogens is 1. The van der Waals surface area contributed by atoms with Crippen molar-refractivity contribution in [2.75, 3.05) is 18.8 Å². The van der Waals surface area contributed by atoms with Gasteiger partial charge in [0.2, 0.25) is 0 Å². The third-order valence-corrected chi connectivity index (χ3v) is 4.79. The summed E-state index contributed by atoms with van der Waals surface area (Å²) in [6.45, 7) is 5.88. The predicted molar refractivity (Wildman–Crippen MR) is 82.1 cm³/mol. The molecule has 0 aliphatic carbocycles. The van der Waals surface area contributed by atoms with E-state index in [1.54, 1.807) is 10.6 Å². The largest absolute Gasteiger partial charge is 0.384 e. The second kappa shape index (κ2) is 6.34. The molecule has 1 saturated heterocycles. The normalized spacial score (nSPS) is 16.1. The molecule has 104 valence electrons. The van der Waals surface area contributed by atoms with E-state index in [0.29, 0.717) is 21.2 Å². The van der Waals surface area contributed by atoms with Crippen molar-refractivity contribution in [3.05, 3.63) is 21.5 Å². The molecule has 1 aliphatic heterocycles. The Morgan fingerprint density at radius 1 is 1.37 bits per heavy atom. The minimum absolute atomic E-state index is 0.0262. The Balaban J connectivity index is 2.25. The van der Waals surface area contributed by atoms with Crippen LogP contribution < -0.4 is 5.73 Å². The van der Waals surface area contributed by atoms with E-state index in [0.717, 1.165) is 25.9 Å². The quantitative estimate of drug-likeness (QED) is 0.689. The zero-order valence-electron chi connectivity index (χ0n) is 10.9. The van der Waals surface area contributed by atoms with Gasteiger partial charge in [-0.15, -0.1) is 6.58 Å². The van der Waals surface area contributed by atoms with Gasteiger partial charge in [0.1, 0.15) is 10.7 Å². The highest BCUT2D eigenvalue weighted by Gasteiger charge is 2.22. The lowest BCUT2D eigenvalue weighted by atomic mass is 10.2. The molecule has 1 amide bonds. The molecule has 4 nitrogen and oxygen atoms in total. The number of hydrogen-bond acceptors (Lipinski definition) is 4. The SMILES string of the molecule is C=CCn1c(N)c(C(=O)N2CCCCCC2)sc1=S. The summed E-state index contributed by atoms with van der Waals surface area (Å²) in [5.74, 6) is 0.502. The number of allylic oxidation sites excluding steroid dienone is 1. The van der Waals surface area contributed by atoms with E-state index in [1.807, 2.05) is 4.90 Å². The number of rotatable bonds is 3. The van der Waals surface area contributed by atoms with Gasteiger partial charge in [0.15, 0.2) is 3.95 Å².